The number of methoxy groups -OCH3 is 1. The van der Waals surface area contributed by atoms with E-state index in [4.69, 9.17) is 13.9 Å². The number of nitrogens with one attached hydrogen (secondary N) is 1. The van der Waals surface area contributed by atoms with E-state index in [2.05, 4.69) is 15.5 Å². The SMILES string of the molecule is COc1ccc(OCC(=O)Nc2nnc(Cc3ccccc3)o2)cc1. The summed E-state index contributed by atoms with van der Waals surface area (Å²) in [6, 6.07) is 16.7. The zero-order chi connectivity index (χ0) is 17.5. The van der Waals surface area contributed by atoms with Crippen LogP contribution >= 0.6 is 0 Å². The van der Waals surface area contributed by atoms with Crippen molar-refractivity contribution in [2.24, 2.45) is 0 Å². The van der Waals surface area contributed by atoms with Gasteiger partial charge in [0.15, 0.2) is 6.61 Å². The molecule has 0 saturated carbocycles. The Morgan fingerprint density at radius 2 is 1.76 bits per heavy atom. The van der Waals surface area contributed by atoms with E-state index >= 15 is 0 Å². The van der Waals surface area contributed by atoms with Gasteiger partial charge in [-0.15, -0.1) is 5.10 Å². The standard InChI is InChI=1S/C18H17N3O4/c1-23-14-7-9-15(10-8-14)24-12-16(22)19-18-21-20-17(25-18)11-13-5-3-2-4-6-13/h2-10H,11-12H2,1H3,(H,19,21,22). The minimum Gasteiger partial charge on any atom is -0.497 e. The molecule has 0 aliphatic rings. The van der Waals surface area contributed by atoms with Gasteiger partial charge in [-0.25, -0.2) is 0 Å². The summed E-state index contributed by atoms with van der Waals surface area (Å²) in [5.74, 6) is 1.32. The number of amides is 1. The first kappa shape index (κ1) is 16.5. The molecule has 2 aromatic carbocycles. The van der Waals surface area contributed by atoms with Crippen molar-refractivity contribution in [3.8, 4) is 11.5 Å². The normalized spacial score (nSPS) is 10.3. The van der Waals surface area contributed by atoms with Crippen molar-refractivity contribution in [3.05, 3.63) is 66.1 Å². The number of benzene rings is 2. The molecule has 1 aromatic heterocycles. The van der Waals surface area contributed by atoms with E-state index in [-0.39, 0.29) is 18.5 Å². The summed E-state index contributed by atoms with van der Waals surface area (Å²) in [5.41, 5.74) is 1.05. The third-order valence-electron chi connectivity index (χ3n) is 3.34. The molecule has 3 rings (SSSR count). The molecule has 0 unspecified atom stereocenters. The minimum atomic E-state index is -0.384. The molecule has 7 heteroatoms. The van der Waals surface area contributed by atoms with E-state index < -0.39 is 0 Å². The van der Waals surface area contributed by atoms with Gasteiger partial charge < -0.3 is 13.9 Å². The average molecular weight is 339 g/mol. The van der Waals surface area contributed by atoms with Crippen molar-refractivity contribution in [2.45, 2.75) is 6.42 Å². The van der Waals surface area contributed by atoms with Gasteiger partial charge in [0.05, 0.1) is 13.5 Å². The number of carbonyl (C=O) groups is 1. The molecule has 0 radical (unpaired) electrons. The Bertz CT molecular complexity index is 816. The van der Waals surface area contributed by atoms with Gasteiger partial charge in [-0.2, -0.15) is 0 Å². The van der Waals surface area contributed by atoms with Gasteiger partial charge in [-0.05, 0) is 29.8 Å². The van der Waals surface area contributed by atoms with Crippen molar-refractivity contribution in [3.63, 3.8) is 0 Å². The number of hydrogen-bond acceptors (Lipinski definition) is 6. The van der Waals surface area contributed by atoms with E-state index in [1.807, 2.05) is 30.3 Å². The number of rotatable bonds is 7. The lowest BCUT2D eigenvalue weighted by Crippen LogP contribution is -2.20. The summed E-state index contributed by atoms with van der Waals surface area (Å²) in [6.45, 7) is -0.164. The van der Waals surface area contributed by atoms with Crippen LogP contribution < -0.4 is 14.8 Å². The number of ether oxygens (including phenoxy) is 2. The fraction of sp³-hybridized carbons (Fsp3) is 0.167. The number of nitrogens with zero attached hydrogens (tertiary/aromatic N) is 2. The third-order valence-corrected chi connectivity index (χ3v) is 3.34. The molecule has 1 N–H and O–H groups in total. The second-order valence-electron chi connectivity index (χ2n) is 5.18. The van der Waals surface area contributed by atoms with Crippen molar-refractivity contribution in [1.82, 2.24) is 10.2 Å². The Hall–Kier alpha value is -3.35. The van der Waals surface area contributed by atoms with Gasteiger partial charge in [0, 0.05) is 0 Å². The molecule has 0 bridgehead atoms. The second kappa shape index (κ2) is 7.96. The van der Waals surface area contributed by atoms with Gasteiger partial charge in [0.1, 0.15) is 11.5 Å². The predicted octanol–water partition coefficient (Wildman–Crippen LogP) is 2.69. The van der Waals surface area contributed by atoms with Crippen molar-refractivity contribution >= 4 is 11.9 Å². The van der Waals surface area contributed by atoms with E-state index in [1.54, 1.807) is 31.4 Å². The first-order chi connectivity index (χ1) is 12.2. The Balaban J connectivity index is 1.49. The van der Waals surface area contributed by atoms with Crippen LogP contribution in [0, 0.1) is 0 Å². The van der Waals surface area contributed by atoms with E-state index in [9.17, 15) is 4.79 Å². The summed E-state index contributed by atoms with van der Waals surface area (Å²) in [6.07, 6.45) is 0.506. The molecule has 0 spiro atoms. The van der Waals surface area contributed by atoms with Crippen LogP contribution in [0.25, 0.3) is 0 Å². The smallest absolute Gasteiger partial charge is 0.322 e. The fourth-order valence-corrected chi connectivity index (χ4v) is 2.12. The minimum absolute atomic E-state index is 0.0502. The molecule has 7 nitrogen and oxygen atoms in total. The first-order valence-electron chi connectivity index (χ1n) is 7.66. The molecule has 0 aliphatic carbocycles. The van der Waals surface area contributed by atoms with Crippen molar-refractivity contribution in [2.75, 3.05) is 19.0 Å². The molecule has 128 valence electrons. The van der Waals surface area contributed by atoms with Crippen LogP contribution in [0.15, 0.2) is 59.0 Å². The fourth-order valence-electron chi connectivity index (χ4n) is 2.12. The van der Waals surface area contributed by atoms with Gasteiger partial charge in [-0.1, -0.05) is 35.4 Å². The first-order valence-corrected chi connectivity index (χ1v) is 7.66. The zero-order valence-corrected chi connectivity index (χ0v) is 13.6. The lowest BCUT2D eigenvalue weighted by molar-refractivity contribution is -0.118. The summed E-state index contributed by atoms with van der Waals surface area (Å²) >= 11 is 0. The van der Waals surface area contributed by atoms with E-state index in [0.717, 1.165) is 5.56 Å². The van der Waals surface area contributed by atoms with Gasteiger partial charge >= 0.3 is 6.01 Å². The van der Waals surface area contributed by atoms with Gasteiger partial charge in [0.25, 0.3) is 5.91 Å². The Morgan fingerprint density at radius 1 is 1.04 bits per heavy atom. The second-order valence-corrected chi connectivity index (χ2v) is 5.18. The molecule has 3 aromatic rings. The molecule has 25 heavy (non-hydrogen) atoms. The van der Waals surface area contributed by atoms with Crippen molar-refractivity contribution < 1.29 is 18.7 Å². The number of aromatic nitrogens is 2. The molecule has 1 heterocycles. The third kappa shape index (κ3) is 4.81. The van der Waals surface area contributed by atoms with E-state index in [1.165, 1.54) is 0 Å². The largest absolute Gasteiger partial charge is 0.497 e. The van der Waals surface area contributed by atoms with Crippen LogP contribution in [0.3, 0.4) is 0 Å². The predicted molar refractivity (Wildman–Crippen MR) is 90.7 cm³/mol. The monoisotopic (exact) mass is 339 g/mol. The highest BCUT2D eigenvalue weighted by Crippen LogP contribution is 2.17. The summed E-state index contributed by atoms with van der Waals surface area (Å²) < 4.78 is 15.9. The number of carbonyl (C=O) groups excluding carboxylic acids is 1. The summed E-state index contributed by atoms with van der Waals surface area (Å²) in [5, 5.41) is 10.2. The molecule has 0 aliphatic heterocycles. The van der Waals surface area contributed by atoms with Crippen LogP contribution in [-0.2, 0) is 11.2 Å². The van der Waals surface area contributed by atoms with Gasteiger partial charge in [-0.3, -0.25) is 10.1 Å². The highest BCUT2D eigenvalue weighted by molar-refractivity contribution is 5.89. The molecule has 0 fully saturated rings. The quantitative estimate of drug-likeness (QED) is 0.712. The number of hydrogen-bond donors (Lipinski definition) is 1. The van der Waals surface area contributed by atoms with Crippen LogP contribution in [0.4, 0.5) is 6.01 Å². The lowest BCUT2D eigenvalue weighted by Gasteiger charge is -2.06. The zero-order valence-electron chi connectivity index (χ0n) is 13.6. The Labute approximate surface area is 144 Å². The maximum atomic E-state index is 11.9. The lowest BCUT2D eigenvalue weighted by atomic mass is 10.2. The Kier molecular flexibility index (Phi) is 5.26. The maximum absolute atomic E-state index is 11.9. The van der Waals surface area contributed by atoms with Crippen LogP contribution in [0.2, 0.25) is 0 Å². The topological polar surface area (TPSA) is 86.5 Å². The van der Waals surface area contributed by atoms with Crippen LogP contribution in [0.1, 0.15) is 11.5 Å². The van der Waals surface area contributed by atoms with Crippen molar-refractivity contribution in [1.29, 1.82) is 0 Å². The molecular formula is C18H17N3O4. The molecular weight excluding hydrogens is 322 g/mol. The molecule has 0 atom stereocenters. The highest BCUT2D eigenvalue weighted by Gasteiger charge is 2.11. The average Bonchev–Trinajstić information content (AvgIpc) is 3.08. The van der Waals surface area contributed by atoms with Crippen LogP contribution in [0.5, 0.6) is 11.5 Å². The summed E-state index contributed by atoms with van der Waals surface area (Å²) in [7, 11) is 1.58. The maximum Gasteiger partial charge on any atom is 0.322 e. The molecule has 0 saturated heterocycles. The highest BCUT2D eigenvalue weighted by atomic mass is 16.5. The summed E-state index contributed by atoms with van der Waals surface area (Å²) in [4.78, 5) is 11.9. The Morgan fingerprint density at radius 3 is 2.48 bits per heavy atom. The van der Waals surface area contributed by atoms with Crippen LogP contribution in [-0.4, -0.2) is 29.8 Å². The molecule has 1 amide bonds. The van der Waals surface area contributed by atoms with Gasteiger partial charge in [0.2, 0.25) is 5.89 Å². The number of anilines is 1. The van der Waals surface area contributed by atoms with E-state index in [0.29, 0.717) is 23.8 Å².